The molecule has 3 N–H and O–H groups in total. The van der Waals surface area contributed by atoms with E-state index in [1.165, 1.54) is 0 Å². The van der Waals surface area contributed by atoms with Gasteiger partial charge in [0.1, 0.15) is 18.4 Å². The first-order valence-corrected chi connectivity index (χ1v) is 10.0. The minimum Gasteiger partial charge on any atom is -0.445 e. The second-order valence-corrected chi connectivity index (χ2v) is 6.99. The molecule has 3 aromatic carbocycles. The first-order chi connectivity index (χ1) is 14.6. The smallest absolute Gasteiger partial charge is 0.407 e. The van der Waals surface area contributed by atoms with Crippen LogP contribution >= 0.6 is 0 Å². The lowest BCUT2D eigenvalue weighted by Gasteiger charge is -2.13. The SMILES string of the molecule is N[C@@H](CCCCNC(=O)OCc1ccccc1)C(=O)Oc1cccc2ccccc12. The molecule has 0 bridgehead atoms. The van der Waals surface area contributed by atoms with E-state index in [0.29, 0.717) is 31.6 Å². The first-order valence-electron chi connectivity index (χ1n) is 10.0. The van der Waals surface area contributed by atoms with Gasteiger partial charge in [0, 0.05) is 11.9 Å². The van der Waals surface area contributed by atoms with E-state index in [9.17, 15) is 9.59 Å². The summed E-state index contributed by atoms with van der Waals surface area (Å²) in [5.41, 5.74) is 6.91. The topological polar surface area (TPSA) is 90.6 Å². The number of esters is 1. The number of fused-ring (bicyclic) bond motifs is 1. The van der Waals surface area contributed by atoms with Crippen molar-refractivity contribution in [2.75, 3.05) is 6.54 Å². The van der Waals surface area contributed by atoms with Gasteiger partial charge in [-0.15, -0.1) is 0 Å². The average molecular weight is 406 g/mol. The summed E-state index contributed by atoms with van der Waals surface area (Å²) in [6, 6.07) is 22.1. The number of ether oxygens (including phenoxy) is 2. The molecule has 3 rings (SSSR count). The van der Waals surface area contributed by atoms with Crippen LogP contribution < -0.4 is 15.8 Å². The van der Waals surface area contributed by atoms with E-state index >= 15 is 0 Å². The average Bonchev–Trinajstić information content (AvgIpc) is 2.78. The van der Waals surface area contributed by atoms with Crippen LogP contribution in [0.25, 0.3) is 10.8 Å². The number of nitrogens with one attached hydrogen (secondary N) is 1. The highest BCUT2D eigenvalue weighted by molar-refractivity contribution is 5.91. The van der Waals surface area contributed by atoms with Gasteiger partial charge >= 0.3 is 12.1 Å². The quantitative estimate of drug-likeness (QED) is 0.316. The highest BCUT2D eigenvalue weighted by atomic mass is 16.5. The van der Waals surface area contributed by atoms with Gasteiger partial charge in [0.05, 0.1) is 0 Å². The fraction of sp³-hybridized carbons (Fsp3) is 0.250. The van der Waals surface area contributed by atoms with Crippen LogP contribution in [0.5, 0.6) is 5.75 Å². The molecule has 156 valence electrons. The van der Waals surface area contributed by atoms with Gasteiger partial charge in [-0.3, -0.25) is 0 Å². The zero-order valence-electron chi connectivity index (χ0n) is 16.8. The Morgan fingerprint density at radius 2 is 1.63 bits per heavy atom. The van der Waals surface area contributed by atoms with Crippen molar-refractivity contribution in [1.82, 2.24) is 5.32 Å². The second-order valence-electron chi connectivity index (χ2n) is 6.99. The van der Waals surface area contributed by atoms with E-state index in [4.69, 9.17) is 15.2 Å². The molecule has 0 spiro atoms. The molecule has 30 heavy (non-hydrogen) atoms. The predicted octanol–water partition coefficient (Wildman–Crippen LogP) is 4.17. The lowest BCUT2D eigenvalue weighted by atomic mass is 10.1. The Hall–Kier alpha value is -3.38. The fourth-order valence-corrected chi connectivity index (χ4v) is 3.04. The number of alkyl carbamates (subject to hydrolysis) is 1. The second kappa shape index (κ2) is 11.0. The maximum atomic E-state index is 12.3. The molecule has 0 saturated carbocycles. The standard InChI is InChI=1S/C24H26N2O4/c25-21(23(27)30-22-15-8-12-19-11-4-5-13-20(19)22)14-6-7-16-26-24(28)29-17-18-9-2-1-3-10-18/h1-5,8-13,15,21H,6-7,14,16-17,25H2,(H,26,28)/t21-/m0/s1. The van der Waals surface area contributed by atoms with Gasteiger partial charge in [-0.25, -0.2) is 9.59 Å². The minimum absolute atomic E-state index is 0.234. The Balaban J connectivity index is 1.33. The molecule has 1 atom stereocenters. The van der Waals surface area contributed by atoms with Crippen LogP contribution in [0.4, 0.5) is 4.79 Å². The molecule has 6 heteroatoms. The van der Waals surface area contributed by atoms with Gasteiger partial charge in [0.2, 0.25) is 0 Å². The Morgan fingerprint density at radius 3 is 2.47 bits per heavy atom. The minimum atomic E-state index is -0.714. The van der Waals surface area contributed by atoms with Crippen molar-refractivity contribution < 1.29 is 19.1 Å². The predicted molar refractivity (Wildman–Crippen MR) is 116 cm³/mol. The zero-order valence-corrected chi connectivity index (χ0v) is 16.8. The number of amides is 1. The van der Waals surface area contributed by atoms with Gasteiger partial charge in [-0.05, 0) is 36.3 Å². The highest BCUT2D eigenvalue weighted by Crippen LogP contribution is 2.25. The van der Waals surface area contributed by atoms with Crippen molar-refractivity contribution in [2.24, 2.45) is 5.73 Å². The summed E-state index contributed by atoms with van der Waals surface area (Å²) in [6.07, 6.45) is 1.39. The fourth-order valence-electron chi connectivity index (χ4n) is 3.04. The Bertz CT molecular complexity index is 970. The van der Waals surface area contributed by atoms with Gasteiger partial charge in [0.25, 0.3) is 0 Å². The van der Waals surface area contributed by atoms with Crippen LogP contribution in [0.2, 0.25) is 0 Å². The monoisotopic (exact) mass is 406 g/mol. The summed E-state index contributed by atoms with van der Waals surface area (Å²) in [5.74, 6) is 0.0537. The van der Waals surface area contributed by atoms with Crippen LogP contribution in [0.1, 0.15) is 24.8 Å². The first kappa shape index (κ1) is 21.3. The van der Waals surface area contributed by atoms with Crippen LogP contribution in [0.15, 0.2) is 72.8 Å². The zero-order chi connectivity index (χ0) is 21.2. The van der Waals surface area contributed by atoms with Crippen molar-refractivity contribution in [2.45, 2.75) is 31.9 Å². The van der Waals surface area contributed by atoms with E-state index < -0.39 is 18.1 Å². The third kappa shape index (κ3) is 6.32. The van der Waals surface area contributed by atoms with E-state index in [1.807, 2.05) is 66.7 Å². The lowest BCUT2D eigenvalue weighted by molar-refractivity contribution is -0.135. The van der Waals surface area contributed by atoms with Crippen molar-refractivity contribution in [1.29, 1.82) is 0 Å². The van der Waals surface area contributed by atoms with Crippen LogP contribution in [0.3, 0.4) is 0 Å². The molecule has 0 saturated heterocycles. The van der Waals surface area contributed by atoms with E-state index in [1.54, 1.807) is 6.07 Å². The van der Waals surface area contributed by atoms with Gasteiger partial charge in [-0.2, -0.15) is 0 Å². The molecule has 6 nitrogen and oxygen atoms in total. The molecule has 0 aliphatic rings. The number of carbonyl (C=O) groups excluding carboxylic acids is 2. The number of carbonyl (C=O) groups is 2. The number of hydrogen-bond acceptors (Lipinski definition) is 5. The van der Waals surface area contributed by atoms with E-state index in [0.717, 1.165) is 16.3 Å². The highest BCUT2D eigenvalue weighted by Gasteiger charge is 2.16. The number of benzene rings is 3. The number of nitrogens with two attached hydrogens (primary N) is 1. The summed E-state index contributed by atoms with van der Waals surface area (Å²) < 4.78 is 10.7. The molecule has 0 unspecified atom stereocenters. The summed E-state index contributed by atoms with van der Waals surface area (Å²) in [5, 5.41) is 4.57. The van der Waals surface area contributed by atoms with Crippen LogP contribution in [-0.4, -0.2) is 24.6 Å². The number of hydrogen-bond donors (Lipinski definition) is 2. The summed E-state index contributed by atoms with van der Waals surface area (Å²) >= 11 is 0. The van der Waals surface area contributed by atoms with Crippen molar-refractivity contribution in [3.05, 3.63) is 78.4 Å². The number of unbranched alkanes of at least 4 members (excludes halogenated alkanes) is 1. The van der Waals surface area contributed by atoms with Crippen LogP contribution in [0, 0.1) is 0 Å². The van der Waals surface area contributed by atoms with Gasteiger partial charge in [-0.1, -0.05) is 66.7 Å². The summed E-state index contributed by atoms with van der Waals surface area (Å²) in [7, 11) is 0. The third-order valence-corrected chi connectivity index (χ3v) is 4.69. The van der Waals surface area contributed by atoms with Crippen LogP contribution in [-0.2, 0) is 16.1 Å². The Kier molecular flexibility index (Phi) is 7.80. The normalized spacial score (nSPS) is 11.6. The molecular weight excluding hydrogens is 380 g/mol. The molecule has 1 amide bonds. The number of rotatable bonds is 9. The molecule has 0 fully saturated rings. The third-order valence-electron chi connectivity index (χ3n) is 4.69. The Labute approximate surface area is 176 Å². The van der Waals surface area contributed by atoms with Gasteiger partial charge in [0.15, 0.2) is 0 Å². The summed E-state index contributed by atoms with van der Waals surface area (Å²) in [6.45, 7) is 0.691. The van der Waals surface area contributed by atoms with Crippen molar-refractivity contribution in [3.63, 3.8) is 0 Å². The molecular formula is C24H26N2O4. The molecule has 0 heterocycles. The van der Waals surface area contributed by atoms with Gasteiger partial charge < -0.3 is 20.5 Å². The molecule has 0 aromatic heterocycles. The molecule has 3 aromatic rings. The van der Waals surface area contributed by atoms with E-state index in [2.05, 4.69) is 5.32 Å². The molecule has 0 radical (unpaired) electrons. The maximum absolute atomic E-state index is 12.3. The van der Waals surface area contributed by atoms with Crippen molar-refractivity contribution in [3.8, 4) is 5.75 Å². The Morgan fingerprint density at radius 1 is 0.900 bits per heavy atom. The largest absolute Gasteiger partial charge is 0.445 e. The lowest BCUT2D eigenvalue weighted by Crippen LogP contribution is -2.34. The molecule has 0 aliphatic carbocycles. The van der Waals surface area contributed by atoms with E-state index in [-0.39, 0.29) is 6.61 Å². The van der Waals surface area contributed by atoms with Crippen molar-refractivity contribution >= 4 is 22.8 Å². The maximum Gasteiger partial charge on any atom is 0.407 e. The molecule has 0 aliphatic heterocycles. The summed E-state index contributed by atoms with van der Waals surface area (Å²) in [4.78, 5) is 24.0.